The third-order valence-electron chi connectivity index (χ3n) is 5.03. The van der Waals surface area contributed by atoms with Crippen LogP contribution in [0.4, 0.5) is 21.0 Å². The van der Waals surface area contributed by atoms with Crippen LogP contribution in [0.2, 0.25) is 10.0 Å². The van der Waals surface area contributed by atoms with Gasteiger partial charge in [-0.2, -0.15) is 0 Å². The van der Waals surface area contributed by atoms with Gasteiger partial charge in [-0.25, -0.2) is 9.59 Å². The number of carbonyl (C=O) groups excluding carboxylic acids is 2. The number of nitrogens with zero attached hydrogens (tertiary/aromatic N) is 2. The van der Waals surface area contributed by atoms with Crippen molar-refractivity contribution in [3.8, 4) is 0 Å². The van der Waals surface area contributed by atoms with Gasteiger partial charge in [0.2, 0.25) is 0 Å². The zero-order valence-corrected chi connectivity index (χ0v) is 20.7. The Morgan fingerprint density at radius 1 is 0.657 bits per heavy atom. The lowest BCUT2D eigenvalue weighted by Gasteiger charge is -2.22. The van der Waals surface area contributed by atoms with E-state index in [1.807, 2.05) is 0 Å². The summed E-state index contributed by atoms with van der Waals surface area (Å²) in [5.41, 5.74) is 12.3. The second-order valence-corrected chi connectivity index (χ2v) is 8.59. The van der Waals surface area contributed by atoms with Gasteiger partial charge < -0.3 is 22.1 Å². The second-order valence-electron chi connectivity index (χ2n) is 7.72. The highest BCUT2D eigenvalue weighted by molar-refractivity contribution is 6.31. The van der Waals surface area contributed by atoms with E-state index >= 15 is 0 Å². The highest BCUT2D eigenvalue weighted by Gasteiger charge is 2.17. The zero-order chi connectivity index (χ0) is 25.8. The van der Waals surface area contributed by atoms with Crippen molar-refractivity contribution in [2.24, 2.45) is 11.5 Å². The van der Waals surface area contributed by atoms with Gasteiger partial charge in [0.25, 0.3) is 0 Å². The monoisotopic (exact) mass is 520 g/mol. The van der Waals surface area contributed by atoms with Crippen molar-refractivity contribution < 1.29 is 9.59 Å². The fraction of sp³-hybridized carbons (Fsp3) is 0.304. The Labute approximate surface area is 214 Å². The Kier molecular flexibility index (Phi) is 11.1. The van der Waals surface area contributed by atoms with E-state index in [9.17, 15) is 9.59 Å². The van der Waals surface area contributed by atoms with E-state index in [1.54, 1.807) is 48.5 Å². The molecule has 0 aliphatic heterocycles. The molecule has 0 saturated heterocycles. The Morgan fingerprint density at radius 2 is 0.971 bits per heavy atom. The van der Waals surface area contributed by atoms with Gasteiger partial charge in [-0.1, -0.05) is 42.5 Å². The van der Waals surface area contributed by atoms with Gasteiger partial charge in [0, 0.05) is 34.5 Å². The van der Waals surface area contributed by atoms with Gasteiger partial charge in [-0.3, -0.25) is 20.6 Å². The minimum atomic E-state index is -0.483. The number of nitrogens with one attached hydrogen (secondary N) is 4. The average molecular weight is 521 g/mol. The molecule has 0 atom stereocenters. The van der Waals surface area contributed by atoms with Gasteiger partial charge in [0.1, 0.15) is 0 Å². The molecule has 2 rings (SSSR count). The highest BCUT2D eigenvalue weighted by atomic mass is 35.5. The number of halogens is 2. The molecule has 0 bridgehead atoms. The number of hydrogen-bond acceptors (Lipinski definition) is 4. The molecule has 0 aliphatic rings. The maximum atomic E-state index is 12.4. The van der Waals surface area contributed by atoms with E-state index < -0.39 is 12.1 Å². The summed E-state index contributed by atoms with van der Waals surface area (Å²) in [4.78, 5) is 27.2. The van der Waals surface area contributed by atoms with Crippen LogP contribution in [0.3, 0.4) is 0 Å². The summed E-state index contributed by atoms with van der Waals surface area (Å²) < 4.78 is 0. The lowest BCUT2D eigenvalue weighted by atomic mass is 10.1. The van der Waals surface area contributed by atoms with E-state index in [1.165, 1.54) is 9.80 Å². The van der Waals surface area contributed by atoms with E-state index in [4.69, 9.17) is 45.5 Å². The fourth-order valence-electron chi connectivity index (χ4n) is 3.18. The molecule has 0 fully saturated rings. The fourth-order valence-corrected chi connectivity index (χ4v) is 3.43. The summed E-state index contributed by atoms with van der Waals surface area (Å²) in [6, 6.07) is 12.3. The molecule has 10 nitrogen and oxygen atoms in total. The van der Waals surface area contributed by atoms with Crippen LogP contribution in [0.5, 0.6) is 0 Å². The molecule has 4 amide bonds. The third-order valence-corrected chi connectivity index (χ3v) is 5.53. The van der Waals surface area contributed by atoms with Crippen molar-refractivity contribution in [2.75, 3.05) is 23.7 Å². The van der Waals surface area contributed by atoms with Crippen LogP contribution >= 0.6 is 23.2 Å². The molecule has 0 saturated carbocycles. The van der Waals surface area contributed by atoms with E-state index in [-0.39, 0.29) is 11.9 Å². The molecule has 0 aliphatic carbocycles. The number of unbranched alkanes of at least 4 members (excludes halogenated alkanes) is 4. The number of rotatable bonds is 10. The number of nitrogens with two attached hydrogens (primary N) is 2. The predicted octanol–water partition coefficient (Wildman–Crippen LogP) is 5.10. The first-order valence-electron chi connectivity index (χ1n) is 11.0. The van der Waals surface area contributed by atoms with Gasteiger partial charge in [0.05, 0.1) is 0 Å². The largest absolute Gasteiger partial charge is 0.370 e. The van der Waals surface area contributed by atoms with Crippen molar-refractivity contribution >= 4 is 58.6 Å². The van der Waals surface area contributed by atoms with E-state index in [0.717, 1.165) is 19.3 Å². The van der Waals surface area contributed by atoms with Crippen LogP contribution in [0, 0.1) is 10.8 Å². The predicted molar refractivity (Wildman–Crippen MR) is 141 cm³/mol. The van der Waals surface area contributed by atoms with E-state index in [0.29, 0.717) is 47.4 Å². The Bertz CT molecular complexity index is 934. The quantitative estimate of drug-likeness (QED) is 0.146. The lowest BCUT2D eigenvalue weighted by molar-refractivity contribution is 0.232. The minimum absolute atomic E-state index is 0.303. The van der Waals surface area contributed by atoms with E-state index in [2.05, 4.69) is 10.6 Å². The number of anilines is 2. The molecule has 0 radical (unpaired) electrons. The first-order chi connectivity index (χ1) is 16.7. The number of carbonyl (C=O) groups is 2. The molecule has 2 aromatic carbocycles. The SMILES string of the molecule is N=C(N)N(CCCCCCCN(C(=N)N)C(=O)Nc1ccc(Cl)cc1)C(=O)Nc1ccc(Cl)cc1. The van der Waals surface area contributed by atoms with Crippen molar-refractivity contribution in [2.45, 2.75) is 32.1 Å². The second kappa shape index (κ2) is 14.0. The number of amides is 4. The zero-order valence-electron chi connectivity index (χ0n) is 19.2. The summed E-state index contributed by atoms with van der Waals surface area (Å²) in [7, 11) is 0. The standard InChI is InChI=1S/C23H30Cl2N8O2/c24-16-6-10-18(11-7-16)30-22(34)32(20(26)27)14-4-2-1-3-5-15-33(21(28)29)23(35)31-19-12-8-17(25)9-13-19/h6-13H,1-5,14-15H2,(H3,26,27)(H3,28,29)(H,30,34)(H,31,35). The van der Waals surface area contributed by atoms with Gasteiger partial charge in [-0.05, 0) is 61.4 Å². The summed E-state index contributed by atoms with van der Waals surface area (Å²) in [5, 5.41) is 21.9. The third kappa shape index (κ3) is 9.71. The number of urea groups is 2. The number of guanidine groups is 2. The van der Waals surface area contributed by atoms with Crippen molar-refractivity contribution in [3.63, 3.8) is 0 Å². The summed E-state index contributed by atoms with van der Waals surface area (Å²) in [6.07, 6.45) is 3.75. The summed E-state index contributed by atoms with van der Waals surface area (Å²) >= 11 is 11.7. The van der Waals surface area contributed by atoms with Gasteiger partial charge in [0.15, 0.2) is 11.9 Å². The van der Waals surface area contributed by atoms with Crippen LogP contribution in [0.1, 0.15) is 32.1 Å². The van der Waals surface area contributed by atoms with Crippen molar-refractivity contribution in [1.82, 2.24) is 9.80 Å². The number of hydrogen-bond donors (Lipinski definition) is 6. The van der Waals surface area contributed by atoms with Crippen LogP contribution in [0.25, 0.3) is 0 Å². The first-order valence-corrected chi connectivity index (χ1v) is 11.8. The Morgan fingerprint density at radius 3 is 1.29 bits per heavy atom. The molecule has 0 spiro atoms. The minimum Gasteiger partial charge on any atom is -0.370 e. The maximum absolute atomic E-state index is 12.4. The highest BCUT2D eigenvalue weighted by Crippen LogP contribution is 2.15. The smallest absolute Gasteiger partial charge is 0.328 e. The summed E-state index contributed by atoms with van der Waals surface area (Å²) in [6.45, 7) is 0.607. The molecule has 8 N–H and O–H groups in total. The van der Waals surface area contributed by atoms with Gasteiger partial charge >= 0.3 is 12.1 Å². The Hall–Kier alpha value is -3.50. The molecule has 0 aromatic heterocycles. The topological polar surface area (TPSA) is 164 Å². The van der Waals surface area contributed by atoms with Crippen LogP contribution in [-0.2, 0) is 0 Å². The van der Waals surface area contributed by atoms with Gasteiger partial charge in [-0.15, -0.1) is 0 Å². The Balaban J connectivity index is 1.70. The molecule has 0 unspecified atom stereocenters. The van der Waals surface area contributed by atoms with Crippen LogP contribution < -0.4 is 22.1 Å². The molecular weight excluding hydrogens is 491 g/mol. The average Bonchev–Trinajstić information content (AvgIpc) is 2.80. The van der Waals surface area contributed by atoms with Crippen molar-refractivity contribution in [3.05, 3.63) is 58.6 Å². The molecule has 2 aromatic rings. The molecule has 0 heterocycles. The van der Waals surface area contributed by atoms with Crippen molar-refractivity contribution in [1.29, 1.82) is 10.8 Å². The lowest BCUT2D eigenvalue weighted by Crippen LogP contribution is -2.44. The molecular formula is C23H30Cl2N8O2. The molecule has 35 heavy (non-hydrogen) atoms. The van der Waals surface area contributed by atoms with Crippen LogP contribution in [0.15, 0.2) is 48.5 Å². The number of benzene rings is 2. The first kappa shape index (κ1) is 27.7. The normalized spacial score (nSPS) is 10.3. The molecule has 188 valence electrons. The molecule has 12 heteroatoms. The van der Waals surface area contributed by atoms with Crippen LogP contribution in [-0.4, -0.2) is 46.9 Å². The maximum Gasteiger partial charge on any atom is 0.328 e. The summed E-state index contributed by atoms with van der Waals surface area (Å²) in [5.74, 6) is -0.666.